The van der Waals surface area contributed by atoms with E-state index in [2.05, 4.69) is 50.4 Å². The molecule has 0 amide bonds. The van der Waals surface area contributed by atoms with Crippen molar-refractivity contribution in [3.05, 3.63) is 35.4 Å². The minimum Gasteiger partial charge on any atom is -0.360 e. The monoisotopic (exact) mass is 219 g/mol. The van der Waals surface area contributed by atoms with Gasteiger partial charge in [-0.2, -0.15) is 0 Å². The van der Waals surface area contributed by atoms with E-state index >= 15 is 0 Å². The molecule has 2 unspecified atom stereocenters. The molecule has 2 atom stereocenters. The summed E-state index contributed by atoms with van der Waals surface area (Å²) in [5.74, 6) is 0.616. The van der Waals surface area contributed by atoms with Crippen molar-refractivity contribution in [3.8, 4) is 0 Å². The average Bonchev–Trinajstić information content (AvgIpc) is 2.23. The van der Waals surface area contributed by atoms with Crippen molar-refractivity contribution in [3.63, 3.8) is 0 Å². The molecule has 0 saturated carbocycles. The second kappa shape index (κ2) is 4.56. The van der Waals surface area contributed by atoms with Gasteiger partial charge in [-0.3, -0.25) is 5.32 Å². The van der Waals surface area contributed by atoms with Gasteiger partial charge in [0.15, 0.2) is 0 Å². The molecule has 16 heavy (non-hydrogen) atoms. The van der Waals surface area contributed by atoms with Gasteiger partial charge in [0.2, 0.25) is 0 Å². The van der Waals surface area contributed by atoms with E-state index < -0.39 is 0 Å². The lowest BCUT2D eigenvalue weighted by molar-refractivity contribution is -0.0997. The number of benzene rings is 1. The van der Waals surface area contributed by atoms with E-state index in [-0.39, 0.29) is 5.72 Å². The van der Waals surface area contributed by atoms with Crippen LogP contribution in [0.1, 0.15) is 25.0 Å². The molecule has 1 heterocycles. The van der Waals surface area contributed by atoms with Crippen LogP contribution in [0, 0.1) is 12.8 Å². The third kappa shape index (κ3) is 2.83. The minimum absolute atomic E-state index is 0.194. The molecular weight excluding hydrogens is 198 g/mol. The minimum atomic E-state index is -0.194. The smallest absolute Gasteiger partial charge is 0.120 e. The summed E-state index contributed by atoms with van der Waals surface area (Å²) in [6.45, 7) is 8.38. The van der Waals surface area contributed by atoms with E-state index in [1.165, 1.54) is 11.1 Å². The molecule has 1 saturated heterocycles. The van der Waals surface area contributed by atoms with E-state index in [4.69, 9.17) is 4.74 Å². The molecule has 0 bridgehead atoms. The summed E-state index contributed by atoms with van der Waals surface area (Å²) in [5, 5.41) is 3.49. The molecule has 1 aromatic rings. The van der Waals surface area contributed by atoms with Gasteiger partial charge >= 0.3 is 0 Å². The van der Waals surface area contributed by atoms with E-state index in [1.807, 2.05) is 0 Å². The Bertz CT molecular complexity index is 354. The molecule has 1 aromatic carbocycles. The summed E-state index contributed by atoms with van der Waals surface area (Å²) in [4.78, 5) is 0. The predicted molar refractivity (Wildman–Crippen MR) is 66.4 cm³/mol. The molecule has 0 aliphatic carbocycles. The molecule has 0 spiro atoms. The highest BCUT2D eigenvalue weighted by Crippen LogP contribution is 2.20. The van der Waals surface area contributed by atoms with Crippen LogP contribution < -0.4 is 5.32 Å². The Labute approximate surface area is 98.0 Å². The van der Waals surface area contributed by atoms with Gasteiger partial charge in [-0.15, -0.1) is 0 Å². The third-order valence-electron chi connectivity index (χ3n) is 3.13. The first kappa shape index (κ1) is 11.6. The van der Waals surface area contributed by atoms with Crippen LogP contribution in [-0.4, -0.2) is 18.9 Å². The maximum Gasteiger partial charge on any atom is 0.120 e. The van der Waals surface area contributed by atoms with Crippen molar-refractivity contribution < 1.29 is 4.74 Å². The lowest BCUT2D eigenvalue weighted by atomic mass is 9.99. The Balaban J connectivity index is 2.03. The fraction of sp³-hybridized carbons (Fsp3) is 0.571. The second-order valence-electron chi connectivity index (χ2n) is 5.19. The van der Waals surface area contributed by atoms with Crippen LogP contribution in [0.25, 0.3) is 0 Å². The zero-order valence-corrected chi connectivity index (χ0v) is 10.4. The van der Waals surface area contributed by atoms with Crippen molar-refractivity contribution in [2.45, 2.75) is 32.9 Å². The van der Waals surface area contributed by atoms with Crippen LogP contribution in [0.3, 0.4) is 0 Å². The molecule has 2 rings (SSSR count). The Morgan fingerprint density at radius 2 is 2.31 bits per heavy atom. The zero-order chi connectivity index (χ0) is 11.6. The molecule has 2 heteroatoms. The van der Waals surface area contributed by atoms with Gasteiger partial charge in [-0.05, 0) is 25.3 Å². The van der Waals surface area contributed by atoms with E-state index in [0.717, 1.165) is 19.6 Å². The van der Waals surface area contributed by atoms with Crippen LogP contribution in [0.15, 0.2) is 24.3 Å². The molecule has 0 aromatic heterocycles. The maximum atomic E-state index is 5.91. The summed E-state index contributed by atoms with van der Waals surface area (Å²) in [6, 6.07) is 8.64. The summed E-state index contributed by atoms with van der Waals surface area (Å²) >= 11 is 0. The Morgan fingerprint density at radius 1 is 1.50 bits per heavy atom. The van der Waals surface area contributed by atoms with Crippen molar-refractivity contribution >= 4 is 0 Å². The van der Waals surface area contributed by atoms with Gasteiger partial charge in [-0.1, -0.05) is 36.8 Å². The largest absolute Gasteiger partial charge is 0.360 e. The van der Waals surface area contributed by atoms with Crippen LogP contribution in [0.2, 0.25) is 0 Å². The number of aryl methyl sites for hydroxylation is 1. The molecule has 88 valence electrons. The summed E-state index contributed by atoms with van der Waals surface area (Å²) in [6.07, 6.45) is 0.932. The van der Waals surface area contributed by atoms with Crippen LogP contribution in [0.5, 0.6) is 0 Å². The van der Waals surface area contributed by atoms with Crippen molar-refractivity contribution in [1.29, 1.82) is 0 Å². The van der Waals surface area contributed by atoms with E-state index in [0.29, 0.717) is 5.92 Å². The lowest BCUT2D eigenvalue weighted by Crippen LogP contribution is -2.53. The van der Waals surface area contributed by atoms with Gasteiger partial charge < -0.3 is 4.74 Å². The number of nitrogens with one attached hydrogen (secondary N) is 1. The molecule has 0 radical (unpaired) electrons. The SMILES string of the molecule is Cc1cccc(CC2(C)NCC(C)CO2)c1. The molecule has 1 N–H and O–H groups in total. The van der Waals surface area contributed by atoms with Crippen LogP contribution >= 0.6 is 0 Å². The topological polar surface area (TPSA) is 21.3 Å². The average molecular weight is 219 g/mol. The molecule has 2 nitrogen and oxygen atoms in total. The van der Waals surface area contributed by atoms with Gasteiger partial charge in [0.25, 0.3) is 0 Å². The van der Waals surface area contributed by atoms with Crippen molar-refractivity contribution in [1.82, 2.24) is 5.32 Å². The highest BCUT2D eigenvalue weighted by Gasteiger charge is 2.29. The summed E-state index contributed by atoms with van der Waals surface area (Å²) < 4.78 is 5.91. The van der Waals surface area contributed by atoms with E-state index in [1.54, 1.807) is 0 Å². The lowest BCUT2D eigenvalue weighted by Gasteiger charge is -2.38. The van der Waals surface area contributed by atoms with Gasteiger partial charge in [0.1, 0.15) is 5.72 Å². The number of ether oxygens (including phenoxy) is 1. The third-order valence-corrected chi connectivity index (χ3v) is 3.13. The first-order valence-corrected chi connectivity index (χ1v) is 6.02. The fourth-order valence-corrected chi connectivity index (χ4v) is 2.15. The Morgan fingerprint density at radius 3 is 2.94 bits per heavy atom. The predicted octanol–water partition coefficient (Wildman–Crippen LogP) is 2.51. The number of hydrogen-bond donors (Lipinski definition) is 1. The van der Waals surface area contributed by atoms with Gasteiger partial charge in [-0.25, -0.2) is 0 Å². The number of hydrogen-bond acceptors (Lipinski definition) is 2. The standard InChI is InChI=1S/C14H21NO/c1-11-5-4-6-13(7-11)8-14(3)15-9-12(2)10-16-14/h4-7,12,15H,8-10H2,1-3H3. The van der Waals surface area contributed by atoms with Crippen LogP contribution in [0.4, 0.5) is 0 Å². The normalized spacial score (nSPS) is 30.3. The molecule has 1 fully saturated rings. The Hall–Kier alpha value is -0.860. The quantitative estimate of drug-likeness (QED) is 0.825. The zero-order valence-electron chi connectivity index (χ0n) is 10.4. The van der Waals surface area contributed by atoms with Crippen LogP contribution in [-0.2, 0) is 11.2 Å². The molecular formula is C14H21NO. The maximum absolute atomic E-state index is 5.91. The summed E-state index contributed by atoms with van der Waals surface area (Å²) in [5.41, 5.74) is 2.45. The van der Waals surface area contributed by atoms with E-state index in [9.17, 15) is 0 Å². The molecule has 1 aliphatic rings. The van der Waals surface area contributed by atoms with Gasteiger partial charge in [0.05, 0.1) is 6.61 Å². The highest BCUT2D eigenvalue weighted by molar-refractivity contribution is 5.23. The van der Waals surface area contributed by atoms with Crippen molar-refractivity contribution in [2.75, 3.05) is 13.2 Å². The number of rotatable bonds is 2. The first-order chi connectivity index (χ1) is 7.57. The van der Waals surface area contributed by atoms with Crippen molar-refractivity contribution in [2.24, 2.45) is 5.92 Å². The second-order valence-corrected chi connectivity index (χ2v) is 5.19. The fourth-order valence-electron chi connectivity index (χ4n) is 2.15. The molecule has 1 aliphatic heterocycles. The highest BCUT2D eigenvalue weighted by atomic mass is 16.5. The van der Waals surface area contributed by atoms with Gasteiger partial charge in [0, 0.05) is 13.0 Å². The Kier molecular flexibility index (Phi) is 3.31. The first-order valence-electron chi connectivity index (χ1n) is 6.02. The summed E-state index contributed by atoms with van der Waals surface area (Å²) in [7, 11) is 0.